The predicted molar refractivity (Wildman–Crippen MR) is 66.2 cm³/mol. The topological polar surface area (TPSA) is 93.5 Å². The molecule has 0 aliphatic heterocycles. The maximum Gasteiger partial charge on any atom is 0.274 e. The predicted octanol–water partition coefficient (Wildman–Crippen LogP) is 1.83. The molecule has 0 amide bonds. The largest absolute Gasteiger partial charge is 0.467 e. The first kappa shape index (κ1) is 12.7. The van der Waals surface area contributed by atoms with E-state index in [4.69, 9.17) is 8.83 Å². The van der Waals surface area contributed by atoms with Crippen molar-refractivity contribution >= 4 is 0 Å². The molecule has 2 heterocycles. The van der Waals surface area contributed by atoms with Gasteiger partial charge < -0.3 is 19.5 Å². The summed E-state index contributed by atoms with van der Waals surface area (Å²) in [5.74, 6) is 1.67. The van der Waals surface area contributed by atoms with E-state index >= 15 is 0 Å². The van der Waals surface area contributed by atoms with E-state index in [1.165, 1.54) is 0 Å². The Morgan fingerprint density at radius 1 is 1.16 bits per heavy atom. The molecule has 0 fully saturated rings. The van der Waals surface area contributed by atoms with Gasteiger partial charge in [-0.05, 0) is 24.3 Å². The first-order valence-corrected chi connectivity index (χ1v) is 5.62. The van der Waals surface area contributed by atoms with Crippen molar-refractivity contribution < 1.29 is 13.8 Å². The maximum absolute atomic E-state index is 10.5. The second-order valence-electron chi connectivity index (χ2n) is 3.69. The molecule has 0 unspecified atom stereocenters. The normalized spacial score (nSPS) is 9.89. The van der Waals surface area contributed by atoms with Crippen LogP contribution in [0.15, 0.2) is 57.6 Å². The van der Waals surface area contributed by atoms with E-state index in [1.54, 1.807) is 36.8 Å². The summed E-state index contributed by atoms with van der Waals surface area (Å²) in [5.41, 5.74) is 0. The standard InChI is InChI=1S/C12H13N3O4/c16-15(17)9-12(13-7-10-3-1-5-18-10)14-8-11-4-2-6-19-11/h1-6,9,13-14H,7-8H2. The van der Waals surface area contributed by atoms with Gasteiger partial charge in [-0.3, -0.25) is 10.1 Å². The molecule has 100 valence electrons. The summed E-state index contributed by atoms with van der Waals surface area (Å²) in [7, 11) is 0. The van der Waals surface area contributed by atoms with E-state index in [2.05, 4.69) is 10.6 Å². The zero-order chi connectivity index (χ0) is 13.5. The van der Waals surface area contributed by atoms with E-state index in [0.717, 1.165) is 6.20 Å². The lowest BCUT2D eigenvalue weighted by Gasteiger charge is -2.09. The smallest absolute Gasteiger partial charge is 0.274 e. The Balaban J connectivity index is 1.90. The molecule has 0 saturated heterocycles. The Morgan fingerprint density at radius 2 is 1.68 bits per heavy atom. The molecule has 0 aromatic carbocycles. The van der Waals surface area contributed by atoms with Gasteiger partial charge in [0.2, 0.25) is 0 Å². The fraction of sp³-hybridized carbons (Fsp3) is 0.167. The molecule has 7 heteroatoms. The maximum atomic E-state index is 10.5. The summed E-state index contributed by atoms with van der Waals surface area (Å²) in [5, 5.41) is 16.3. The molecular weight excluding hydrogens is 250 g/mol. The summed E-state index contributed by atoms with van der Waals surface area (Å²) < 4.78 is 10.3. The lowest BCUT2D eigenvalue weighted by Crippen LogP contribution is -2.26. The number of nitrogens with zero attached hydrogens (tertiary/aromatic N) is 1. The lowest BCUT2D eigenvalue weighted by molar-refractivity contribution is -0.404. The third-order valence-electron chi connectivity index (χ3n) is 2.30. The van der Waals surface area contributed by atoms with Crippen LogP contribution in [-0.4, -0.2) is 4.92 Å². The van der Waals surface area contributed by atoms with Gasteiger partial charge in [0.15, 0.2) is 5.82 Å². The van der Waals surface area contributed by atoms with Crippen LogP contribution in [0.25, 0.3) is 0 Å². The van der Waals surface area contributed by atoms with E-state index in [-0.39, 0.29) is 5.82 Å². The van der Waals surface area contributed by atoms with Gasteiger partial charge in [0.05, 0.1) is 30.5 Å². The molecule has 0 atom stereocenters. The second-order valence-corrected chi connectivity index (χ2v) is 3.69. The third kappa shape index (κ3) is 4.23. The van der Waals surface area contributed by atoms with Crippen LogP contribution < -0.4 is 10.6 Å². The summed E-state index contributed by atoms with van der Waals surface area (Å²) in [6.45, 7) is 0.718. The molecule has 2 rings (SSSR count). The van der Waals surface area contributed by atoms with Gasteiger partial charge in [-0.1, -0.05) is 0 Å². The van der Waals surface area contributed by atoms with E-state index in [9.17, 15) is 10.1 Å². The highest BCUT2D eigenvalue weighted by molar-refractivity contribution is 5.03. The minimum absolute atomic E-state index is 0.290. The molecule has 2 aromatic rings. The van der Waals surface area contributed by atoms with E-state index < -0.39 is 4.92 Å². The zero-order valence-electron chi connectivity index (χ0n) is 10.0. The molecule has 0 bridgehead atoms. The van der Waals surface area contributed by atoms with Gasteiger partial charge in [0.1, 0.15) is 11.5 Å². The molecular formula is C12H13N3O4. The van der Waals surface area contributed by atoms with Crippen molar-refractivity contribution in [3.63, 3.8) is 0 Å². The van der Waals surface area contributed by atoms with Gasteiger partial charge in [-0.2, -0.15) is 0 Å². The van der Waals surface area contributed by atoms with Crippen molar-refractivity contribution in [3.05, 3.63) is 70.4 Å². The number of hydrogen-bond acceptors (Lipinski definition) is 6. The number of nitro groups is 1. The summed E-state index contributed by atoms with van der Waals surface area (Å²) in [4.78, 5) is 10.0. The Labute approximate surface area is 109 Å². The Bertz CT molecular complexity index is 491. The number of hydrogen-bond donors (Lipinski definition) is 2. The highest BCUT2D eigenvalue weighted by atomic mass is 16.6. The molecule has 0 spiro atoms. The highest BCUT2D eigenvalue weighted by Gasteiger charge is 2.05. The minimum atomic E-state index is -0.528. The Hall–Kier alpha value is -2.70. The fourth-order valence-electron chi connectivity index (χ4n) is 1.45. The molecule has 2 aromatic heterocycles. The average molecular weight is 263 g/mol. The third-order valence-corrected chi connectivity index (χ3v) is 2.30. The van der Waals surface area contributed by atoms with Crippen molar-refractivity contribution in [3.8, 4) is 0 Å². The molecule has 0 aliphatic rings. The number of nitrogens with one attached hydrogen (secondary N) is 2. The van der Waals surface area contributed by atoms with Gasteiger partial charge >= 0.3 is 0 Å². The average Bonchev–Trinajstić information content (AvgIpc) is 3.05. The van der Waals surface area contributed by atoms with Crippen LogP contribution >= 0.6 is 0 Å². The minimum Gasteiger partial charge on any atom is -0.467 e. The van der Waals surface area contributed by atoms with Crippen LogP contribution in [0, 0.1) is 10.1 Å². The first-order chi connectivity index (χ1) is 9.24. The van der Waals surface area contributed by atoms with Crippen LogP contribution in [0.4, 0.5) is 0 Å². The quantitative estimate of drug-likeness (QED) is 0.584. The van der Waals surface area contributed by atoms with Crippen molar-refractivity contribution in [1.29, 1.82) is 0 Å². The summed E-state index contributed by atoms with van der Waals surface area (Å²) >= 11 is 0. The summed E-state index contributed by atoms with van der Waals surface area (Å²) in [6.07, 6.45) is 3.96. The van der Waals surface area contributed by atoms with E-state index in [0.29, 0.717) is 24.6 Å². The van der Waals surface area contributed by atoms with Gasteiger partial charge in [-0.25, -0.2) is 0 Å². The molecule has 0 radical (unpaired) electrons. The zero-order valence-corrected chi connectivity index (χ0v) is 10.0. The van der Waals surface area contributed by atoms with Crippen LogP contribution in [0.3, 0.4) is 0 Å². The monoisotopic (exact) mass is 263 g/mol. The first-order valence-electron chi connectivity index (χ1n) is 5.62. The summed E-state index contributed by atoms with van der Waals surface area (Å²) in [6, 6.07) is 7.07. The highest BCUT2D eigenvalue weighted by Crippen LogP contribution is 2.02. The van der Waals surface area contributed by atoms with Crippen molar-refractivity contribution in [1.82, 2.24) is 10.6 Å². The number of furan rings is 2. The van der Waals surface area contributed by atoms with Crippen molar-refractivity contribution in [2.75, 3.05) is 0 Å². The second kappa shape index (κ2) is 6.29. The van der Waals surface area contributed by atoms with Crippen LogP contribution in [0.1, 0.15) is 11.5 Å². The molecule has 0 saturated carbocycles. The van der Waals surface area contributed by atoms with Crippen LogP contribution in [0.2, 0.25) is 0 Å². The van der Waals surface area contributed by atoms with Crippen LogP contribution in [0.5, 0.6) is 0 Å². The van der Waals surface area contributed by atoms with Crippen molar-refractivity contribution in [2.45, 2.75) is 13.1 Å². The SMILES string of the molecule is O=[N+]([O-])C=C(NCc1ccco1)NCc1ccco1. The fourth-order valence-corrected chi connectivity index (χ4v) is 1.45. The van der Waals surface area contributed by atoms with Gasteiger partial charge in [-0.15, -0.1) is 0 Å². The number of rotatable bonds is 7. The lowest BCUT2D eigenvalue weighted by atomic mass is 10.4. The Kier molecular flexibility index (Phi) is 4.22. The van der Waals surface area contributed by atoms with E-state index in [1.807, 2.05) is 0 Å². The van der Waals surface area contributed by atoms with Crippen LogP contribution in [-0.2, 0) is 13.1 Å². The molecule has 0 aliphatic carbocycles. The molecule has 7 nitrogen and oxygen atoms in total. The van der Waals surface area contributed by atoms with Crippen molar-refractivity contribution in [2.24, 2.45) is 0 Å². The molecule has 2 N–H and O–H groups in total. The molecule has 19 heavy (non-hydrogen) atoms. The van der Waals surface area contributed by atoms with Gasteiger partial charge in [0.25, 0.3) is 6.20 Å². The van der Waals surface area contributed by atoms with Gasteiger partial charge in [0, 0.05) is 0 Å². The Morgan fingerprint density at radius 3 is 2.05 bits per heavy atom.